The van der Waals surface area contributed by atoms with Crippen LogP contribution in [0.3, 0.4) is 0 Å². The molecular weight excluding hydrogens is 154 g/mol. The molecule has 0 aliphatic carbocycles. The fraction of sp³-hybridized carbons (Fsp3) is 0.667. The minimum absolute atomic E-state index is 0.0479. The predicted octanol–water partition coefficient (Wildman–Crippen LogP) is 0.144. The summed E-state index contributed by atoms with van der Waals surface area (Å²) in [5.74, 6) is 2.45. The Bertz CT molecular complexity index is 172. The Morgan fingerprint density at radius 2 is 2.42 bits per heavy atom. The third-order valence-electron chi connectivity index (χ3n) is 1.46. The first-order chi connectivity index (χ1) is 5.70. The number of hydrogen-bond donors (Lipinski definition) is 2. The van der Waals surface area contributed by atoms with E-state index in [4.69, 9.17) is 11.5 Å². The van der Waals surface area contributed by atoms with Crippen molar-refractivity contribution in [1.82, 2.24) is 5.32 Å². The van der Waals surface area contributed by atoms with Crippen molar-refractivity contribution in [3.63, 3.8) is 0 Å². The molecule has 0 fully saturated rings. The van der Waals surface area contributed by atoms with Gasteiger partial charge in [-0.25, -0.2) is 0 Å². The molecule has 0 saturated carbocycles. The molecule has 0 saturated heterocycles. The summed E-state index contributed by atoms with van der Waals surface area (Å²) in [5, 5.41) is 11.3. The SMILES string of the molecule is C#CCCC(=O)NCC(C)CO. The lowest BCUT2D eigenvalue weighted by Gasteiger charge is -2.08. The zero-order valence-corrected chi connectivity index (χ0v) is 7.34. The first-order valence-electron chi connectivity index (χ1n) is 4.01. The van der Waals surface area contributed by atoms with Crippen molar-refractivity contribution in [3.8, 4) is 12.3 Å². The lowest BCUT2D eigenvalue weighted by Crippen LogP contribution is -2.29. The van der Waals surface area contributed by atoms with Gasteiger partial charge < -0.3 is 10.4 Å². The zero-order valence-electron chi connectivity index (χ0n) is 7.34. The lowest BCUT2D eigenvalue weighted by atomic mass is 10.2. The van der Waals surface area contributed by atoms with E-state index in [2.05, 4.69) is 11.2 Å². The van der Waals surface area contributed by atoms with Crippen LogP contribution >= 0.6 is 0 Å². The first-order valence-corrected chi connectivity index (χ1v) is 4.01. The lowest BCUT2D eigenvalue weighted by molar-refractivity contribution is -0.121. The molecular formula is C9H15NO2. The van der Waals surface area contributed by atoms with Crippen molar-refractivity contribution >= 4 is 5.91 Å². The Hall–Kier alpha value is -1.01. The third-order valence-corrected chi connectivity index (χ3v) is 1.46. The highest BCUT2D eigenvalue weighted by Crippen LogP contribution is 1.91. The summed E-state index contributed by atoms with van der Waals surface area (Å²) in [6.45, 7) is 2.47. The van der Waals surface area contributed by atoms with E-state index in [1.54, 1.807) is 0 Å². The molecule has 0 aromatic rings. The molecule has 1 amide bonds. The molecule has 2 N–H and O–H groups in total. The Balaban J connectivity index is 3.38. The van der Waals surface area contributed by atoms with Crippen LogP contribution in [0.2, 0.25) is 0 Å². The van der Waals surface area contributed by atoms with E-state index in [1.165, 1.54) is 0 Å². The molecule has 12 heavy (non-hydrogen) atoms. The number of carbonyl (C=O) groups excluding carboxylic acids is 1. The van der Waals surface area contributed by atoms with Crippen LogP contribution in [0.15, 0.2) is 0 Å². The van der Waals surface area contributed by atoms with Gasteiger partial charge in [-0.05, 0) is 5.92 Å². The molecule has 0 heterocycles. The number of amides is 1. The number of carbonyl (C=O) groups is 1. The Morgan fingerprint density at radius 1 is 1.75 bits per heavy atom. The summed E-state index contributed by atoms with van der Waals surface area (Å²) >= 11 is 0. The molecule has 0 aliphatic heterocycles. The van der Waals surface area contributed by atoms with E-state index in [1.807, 2.05) is 6.92 Å². The molecule has 0 aliphatic rings. The summed E-state index contributed by atoms with van der Waals surface area (Å²) in [6.07, 6.45) is 5.83. The largest absolute Gasteiger partial charge is 0.396 e. The van der Waals surface area contributed by atoms with Crippen LogP contribution in [-0.4, -0.2) is 24.2 Å². The van der Waals surface area contributed by atoms with E-state index in [0.29, 0.717) is 19.4 Å². The summed E-state index contributed by atoms with van der Waals surface area (Å²) in [5.41, 5.74) is 0. The van der Waals surface area contributed by atoms with Gasteiger partial charge in [0.15, 0.2) is 0 Å². The smallest absolute Gasteiger partial charge is 0.220 e. The third kappa shape index (κ3) is 5.75. The molecule has 68 valence electrons. The normalized spacial score (nSPS) is 11.8. The quantitative estimate of drug-likeness (QED) is 0.575. The van der Waals surface area contributed by atoms with Gasteiger partial charge in [0.05, 0.1) is 0 Å². The summed E-state index contributed by atoms with van der Waals surface area (Å²) in [4.78, 5) is 10.9. The van der Waals surface area contributed by atoms with Gasteiger partial charge in [-0.3, -0.25) is 4.79 Å². The van der Waals surface area contributed by atoms with Gasteiger partial charge >= 0.3 is 0 Å². The van der Waals surface area contributed by atoms with E-state index in [9.17, 15) is 4.79 Å². The number of hydrogen-bond acceptors (Lipinski definition) is 2. The van der Waals surface area contributed by atoms with Gasteiger partial charge in [-0.15, -0.1) is 12.3 Å². The number of nitrogens with one attached hydrogen (secondary N) is 1. The Labute approximate surface area is 73.2 Å². The van der Waals surface area contributed by atoms with Gasteiger partial charge in [0.2, 0.25) is 5.91 Å². The average Bonchev–Trinajstić information content (AvgIpc) is 2.10. The highest BCUT2D eigenvalue weighted by atomic mass is 16.3. The van der Waals surface area contributed by atoms with Crippen LogP contribution in [-0.2, 0) is 4.79 Å². The fourth-order valence-electron chi connectivity index (χ4n) is 0.627. The maximum Gasteiger partial charge on any atom is 0.220 e. The minimum atomic E-state index is -0.0479. The average molecular weight is 169 g/mol. The van der Waals surface area contributed by atoms with Crippen LogP contribution in [0.1, 0.15) is 19.8 Å². The minimum Gasteiger partial charge on any atom is -0.396 e. The fourth-order valence-corrected chi connectivity index (χ4v) is 0.627. The second-order valence-corrected chi connectivity index (χ2v) is 2.80. The molecule has 0 bridgehead atoms. The van der Waals surface area contributed by atoms with E-state index >= 15 is 0 Å². The first kappa shape index (κ1) is 11.0. The molecule has 0 radical (unpaired) electrons. The van der Waals surface area contributed by atoms with Crippen molar-refractivity contribution in [2.75, 3.05) is 13.2 Å². The monoisotopic (exact) mass is 169 g/mol. The zero-order chi connectivity index (χ0) is 9.40. The van der Waals surface area contributed by atoms with Crippen molar-refractivity contribution in [3.05, 3.63) is 0 Å². The highest BCUT2D eigenvalue weighted by molar-refractivity contribution is 5.76. The number of aliphatic hydroxyl groups excluding tert-OH is 1. The molecule has 0 aromatic carbocycles. The molecule has 0 spiro atoms. The Morgan fingerprint density at radius 3 is 2.92 bits per heavy atom. The molecule has 1 unspecified atom stereocenters. The van der Waals surface area contributed by atoms with Crippen LogP contribution in [0.25, 0.3) is 0 Å². The molecule has 0 rings (SSSR count). The van der Waals surface area contributed by atoms with Crippen LogP contribution in [0.4, 0.5) is 0 Å². The highest BCUT2D eigenvalue weighted by Gasteiger charge is 2.02. The molecule has 1 atom stereocenters. The van der Waals surface area contributed by atoms with Gasteiger partial charge in [-0.2, -0.15) is 0 Å². The molecule has 3 heteroatoms. The van der Waals surface area contributed by atoms with Crippen molar-refractivity contribution in [2.24, 2.45) is 5.92 Å². The maximum atomic E-state index is 10.9. The molecule has 0 aromatic heterocycles. The molecule has 3 nitrogen and oxygen atoms in total. The second-order valence-electron chi connectivity index (χ2n) is 2.80. The summed E-state index contributed by atoms with van der Waals surface area (Å²) < 4.78 is 0. The Kier molecular flexibility index (Phi) is 6.12. The van der Waals surface area contributed by atoms with Gasteiger partial charge in [0.25, 0.3) is 0 Å². The van der Waals surface area contributed by atoms with Gasteiger partial charge in [-0.1, -0.05) is 6.92 Å². The number of aliphatic hydroxyl groups is 1. The topological polar surface area (TPSA) is 49.3 Å². The van der Waals surface area contributed by atoms with Crippen molar-refractivity contribution in [1.29, 1.82) is 0 Å². The number of terminal acetylenes is 1. The standard InChI is InChI=1S/C9H15NO2/c1-3-4-5-9(12)10-6-8(2)7-11/h1,8,11H,4-7H2,2H3,(H,10,12). The number of rotatable bonds is 5. The van der Waals surface area contributed by atoms with Crippen molar-refractivity contribution < 1.29 is 9.90 Å². The van der Waals surface area contributed by atoms with E-state index in [-0.39, 0.29) is 18.4 Å². The summed E-state index contributed by atoms with van der Waals surface area (Å²) in [6, 6.07) is 0. The summed E-state index contributed by atoms with van der Waals surface area (Å²) in [7, 11) is 0. The predicted molar refractivity (Wildman–Crippen MR) is 47.3 cm³/mol. The van der Waals surface area contributed by atoms with Crippen molar-refractivity contribution in [2.45, 2.75) is 19.8 Å². The van der Waals surface area contributed by atoms with Crippen LogP contribution in [0.5, 0.6) is 0 Å². The van der Waals surface area contributed by atoms with E-state index < -0.39 is 0 Å². The van der Waals surface area contributed by atoms with Crippen LogP contribution in [0, 0.1) is 18.3 Å². The van der Waals surface area contributed by atoms with Gasteiger partial charge in [0, 0.05) is 26.0 Å². The maximum absolute atomic E-state index is 10.9. The second kappa shape index (κ2) is 6.68. The van der Waals surface area contributed by atoms with Crippen LogP contribution < -0.4 is 5.32 Å². The van der Waals surface area contributed by atoms with E-state index in [0.717, 1.165) is 0 Å². The van der Waals surface area contributed by atoms with Gasteiger partial charge in [0.1, 0.15) is 0 Å².